The van der Waals surface area contributed by atoms with Crippen molar-refractivity contribution >= 4 is 0 Å². The molecule has 0 N–H and O–H groups in total. The Balaban J connectivity index is 4.16. The standard InChI is InChI=1S/C16H34/c1-8-13(4)14(5)11-12-16(6,7)15(9-2)10-3/h13-15H,8-12H2,1-7H3. The fraction of sp³-hybridized carbons (Fsp3) is 1.00. The molecule has 2 atom stereocenters. The predicted octanol–water partition coefficient (Wildman–Crippen LogP) is 5.91. The maximum Gasteiger partial charge on any atom is -0.0326 e. The van der Waals surface area contributed by atoms with Crippen molar-refractivity contribution < 1.29 is 0 Å². The van der Waals surface area contributed by atoms with Crippen molar-refractivity contribution in [1.29, 1.82) is 0 Å². The van der Waals surface area contributed by atoms with E-state index < -0.39 is 0 Å². The first-order valence-corrected chi connectivity index (χ1v) is 7.38. The van der Waals surface area contributed by atoms with Gasteiger partial charge in [-0.1, -0.05) is 67.7 Å². The smallest absolute Gasteiger partial charge is 0.0326 e. The average Bonchev–Trinajstić information content (AvgIpc) is 2.26. The zero-order valence-corrected chi connectivity index (χ0v) is 12.8. The minimum absolute atomic E-state index is 0.533. The molecule has 0 aliphatic carbocycles. The molecule has 0 saturated heterocycles. The molecule has 0 aromatic heterocycles. The molecule has 0 bridgehead atoms. The van der Waals surface area contributed by atoms with E-state index in [9.17, 15) is 0 Å². The van der Waals surface area contributed by atoms with Crippen LogP contribution in [0.4, 0.5) is 0 Å². The van der Waals surface area contributed by atoms with Gasteiger partial charge in [0.05, 0.1) is 0 Å². The molecule has 0 aliphatic heterocycles. The van der Waals surface area contributed by atoms with Gasteiger partial charge in [-0.15, -0.1) is 0 Å². The number of rotatable bonds is 8. The van der Waals surface area contributed by atoms with Crippen LogP contribution in [0, 0.1) is 23.2 Å². The fourth-order valence-electron chi connectivity index (χ4n) is 2.88. The van der Waals surface area contributed by atoms with Crippen LogP contribution in [-0.2, 0) is 0 Å². The lowest BCUT2D eigenvalue weighted by Gasteiger charge is -2.35. The first-order valence-electron chi connectivity index (χ1n) is 7.38. The van der Waals surface area contributed by atoms with Crippen molar-refractivity contribution in [2.24, 2.45) is 23.2 Å². The zero-order valence-electron chi connectivity index (χ0n) is 12.8. The number of hydrogen-bond acceptors (Lipinski definition) is 0. The first-order chi connectivity index (χ1) is 7.38. The Labute approximate surface area is 104 Å². The van der Waals surface area contributed by atoms with Crippen LogP contribution < -0.4 is 0 Å². The summed E-state index contributed by atoms with van der Waals surface area (Å²) in [5.41, 5.74) is 0.533. The van der Waals surface area contributed by atoms with Crippen LogP contribution in [0.15, 0.2) is 0 Å². The van der Waals surface area contributed by atoms with Gasteiger partial charge in [-0.2, -0.15) is 0 Å². The monoisotopic (exact) mass is 226 g/mol. The minimum Gasteiger partial charge on any atom is -0.0651 e. The summed E-state index contributed by atoms with van der Waals surface area (Å²) < 4.78 is 0. The molecule has 0 rings (SSSR count). The van der Waals surface area contributed by atoms with E-state index in [0.29, 0.717) is 5.41 Å². The lowest BCUT2D eigenvalue weighted by Crippen LogP contribution is -2.24. The Morgan fingerprint density at radius 1 is 0.812 bits per heavy atom. The van der Waals surface area contributed by atoms with Crippen LogP contribution in [0.2, 0.25) is 0 Å². The molecular formula is C16H34. The van der Waals surface area contributed by atoms with Gasteiger partial charge in [-0.3, -0.25) is 0 Å². The topological polar surface area (TPSA) is 0 Å². The van der Waals surface area contributed by atoms with Gasteiger partial charge in [0.1, 0.15) is 0 Å². The quantitative estimate of drug-likeness (QED) is 0.482. The molecule has 0 aromatic carbocycles. The van der Waals surface area contributed by atoms with Gasteiger partial charge in [0.25, 0.3) is 0 Å². The van der Waals surface area contributed by atoms with E-state index in [4.69, 9.17) is 0 Å². The van der Waals surface area contributed by atoms with Crippen LogP contribution >= 0.6 is 0 Å². The molecule has 0 spiro atoms. The molecule has 98 valence electrons. The maximum atomic E-state index is 2.47. The van der Waals surface area contributed by atoms with Gasteiger partial charge in [0.2, 0.25) is 0 Å². The molecule has 0 fully saturated rings. The minimum atomic E-state index is 0.533. The summed E-state index contributed by atoms with van der Waals surface area (Å²) in [5, 5.41) is 0. The predicted molar refractivity (Wildman–Crippen MR) is 75.7 cm³/mol. The average molecular weight is 226 g/mol. The second-order valence-electron chi connectivity index (χ2n) is 6.40. The van der Waals surface area contributed by atoms with E-state index in [1.165, 1.54) is 32.1 Å². The summed E-state index contributed by atoms with van der Waals surface area (Å²) in [4.78, 5) is 0. The van der Waals surface area contributed by atoms with Gasteiger partial charge in [-0.25, -0.2) is 0 Å². The van der Waals surface area contributed by atoms with Crippen LogP contribution in [0.25, 0.3) is 0 Å². The lowest BCUT2D eigenvalue weighted by molar-refractivity contribution is 0.160. The third-order valence-electron chi connectivity index (χ3n) is 4.95. The summed E-state index contributed by atoms with van der Waals surface area (Å²) in [6, 6.07) is 0. The Hall–Kier alpha value is 0. The zero-order chi connectivity index (χ0) is 12.8. The summed E-state index contributed by atoms with van der Waals surface area (Å²) in [6.45, 7) is 16.8. The second kappa shape index (κ2) is 7.35. The Bertz CT molecular complexity index is 165. The van der Waals surface area contributed by atoms with Gasteiger partial charge >= 0.3 is 0 Å². The van der Waals surface area contributed by atoms with Crippen molar-refractivity contribution in [2.75, 3.05) is 0 Å². The van der Waals surface area contributed by atoms with Crippen LogP contribution in [0.5, 0.6) is 0 Å². The maximum absolute atomic E-state index is 2.47. The normalized spacial score (nSPS) is 16.5. The second-order valence-corrected chi connectivity index (χ2v) is 6.40. The van der Waals surface area contributed by atoms with E-state index in [1.807, 2.05) is 0 Å². The Kier molecular flexibility index (Phi) is 7.35. The third kappa shape index (κ3) is 4.89. The molecule has 16 heavy (non-hydrogen) atoms. The SMILES string of the molecule is CCC(C)C(C)CCC(C)(C)C(CC)CC. The van der Waals surface area contributed by atoms with Gasteiger partial charge in [0, 0.05) is 0 Å². The lowest BCUT2D eigenvalue weighted by atomic mass is 9.71. The molecule has 2 unspecified atom stereocenters. The summed E-state index contributed by atoms with van der Waals surface area (Å²) in [7, 11) is 0. The highest BCUT2D eigenvalue weighted by atomic mass is 14.3. The molecule has 0 nitrogen and oxygen atoms in total. The Morgan fingerprint density at radius 2 is 1.31 bits per heavy atom. The third-order valence-corrected chi connectivity index (χ3v) is 4.95. The van der Waals surface area contributed by atoms with Crippen molar-refractivity contribution in [2.45, 2.75) is 80.6 Å². The summed E-state index contributed by atoms with van der Waals surface area (Å²) in [5.74, 6) is 2.67. The van der Waals surface area contributed by atoms with E-state index >= 15 is 0 Å². The van der Waals surface area contributed by atoms with Crippen molar-refractivity contribution in [3.63, 3.8) is 0 Å². The van der Waals surface area contributed by atoms with Crippen molar-refractivity contribution in [3.05, 3.63) is 0 Å². The van der Waals surface area contributed by atoms with E-state index in [1.54, 1.807) is 0 Å². The molecule has 0 radical (unpaired) electrons. The van der Waals surface area contributed by atoms with Gasteiger partial charge in [-0.05, 0) is 36.0 Å². The van der Waals surface area contributed by atoms with E-state index in [2.05, 4.69) is 48.5 Å². The van der Waals surface area contributed by atoms with Crippen LogP contribution in [0.1, 0.15) is 80.6 Å². The highest BCUT2D eigenvalue weighted by molar-refractivity contribution is 4.78. The highest BCUT2D eigenvalue weighted by Crippen LogP contribution is 2.38. The van der Waals surface area contributed by atoms with Gasteiger partial charge in [0.15, 0.2) is 0 Å². The van der Waals surface area contributed by atoms with E-state index in [-0.39, 0.29) is 0 Å². The largest absolute Gasteiger partial charge is 0.0651 e. The molecule has 0 heterocycles. The fourth-order valence-corrected chi connectivity index (χ4v) is 2.88. The first kappa shape index (κ1) is 16.0. The molecule has 0 heteroatoms. The molecule has 0 amide bonds. The van der Waals surface area contributed by atoms with Crippen molar-refractivity contribution in [1.82, 2.24) is 0 Å². The van der Waals surface area contributed by atoms with Gasteiger partial charge < -0.3 is 0 Å². The van der Waals surface area contributed by atoms with Crippen LogP contribution in [-0.4, -0.2) is 0 Å². The molecular weight excluding hydrogens is 192 g/mol. The van der Waals surface area contributed by atoms with Crippen molar-refractivity contribution in [3.8, 4) is 0 Å². The van der Waals surface area contributed by atoms with E-state index in [0.717, 1.165) is 17.8 Å². The summed E-state index contributed by atoms with van der Waals surface area (Å²) >= 11 is 0. The molecule has 0 saturated carbocycles. The molecule has 0 aromatic rings. The Morgan fingerprint density at radius 3 is 1.69 bits per heavy atom. The summed E-state index contributed by atoms with van der Waals surface area (Å²) in [6.07, 6.45) is 6.79. The number of hydrogen-bond donors (Lipinski definition) is 0. The highest BCUT2D eigenvalue weighted by Gasteiger charge is 2.27. The molecule has 0 aliphatic rings. The van der Waals surface area contributed by atoms with Crippen LogP contribution in [0.3, 0.4) is 0 Å².